The second-order valence-electron chi connectivity index (χ2n) is 5.85. The van der Waals surface area contributed by atoms with Crippen LogP contribution in [0.3, 0.4) is 0 Å². The summed E-state index contributed by atoms with van der Waals surface area (Å²) in [6.45, 7) is 0. The molecule has 4 rings (SSSR count). The SMILES string of the molecule is COc1cccc(C(O)P2(=O)Oc3ccccc3-c3ccccc32)c1. The number of methoxy groups -OCH3 is 1. The van der Waals surface area contributed by atoms with Crippen LogP contribution in [0.5, 0.6) is 11.5 Å². The van der Waals surface area contributed by atoms with Crippen LogP contribution in [0.25, 0.3) is 11.1 Å². The summed E-state index contributed by atoms with van der Waals surface area (Å²) in [6, 6.07) is 21.7. The zero-order valence-electron chi connectivity index (χ0n) is 13.6. The van der Waals surface area contributed by atoms with Crippen LogP contribution >= 0.6 is 7.37 Å². The topological polar surface area (TPSA) is 55.8 Å². The van der Waals surface area contributed by atoms with Crippen LogP contribution < -0.4 is 14.6 Å². The van der Waals surface area contributed by atoms with Crippen molar-refractivity contribution in [2.45, 2.75) is 5.85 Å². The Bertz CT molecular complexity index is 983. The summed E-state index contributed by atoms with van der Waals surface area (Å²) in [5.74, 6) is -0.169. The molecule has 1 aliphatic rings. The summed E-state index contributed by atoms with van der Waals surface area (Å²) in [5, 5.41) is 11.5. The van der Waals surface area contributed by atoms with Crippen molar-refractivity contribution in [3.63, 3.8) is 0 Å². The lowest BCUT2D eigenvalue weighted by Gasteiger charge is -2.31. The third-order valence-electron chi connectivity index (χ3n) is 4.36. The minimum absolute atomic E-state index is 0.497. The number of hydrogen-bond donors (Lipinski definition) is 1. The molecular formula is C20H17O4P. The van der Waals surface area contributed by atoms with Gasteiger partial charge >= 0.3 is 7.37 Å². The van der Waals surface area contributed by atoms with E-state index in [9.17, 15) is 9.67 Å². The third-order valence-corrected chi connectivity index (χ3v) is 6.84. The van der Waals surface area contributed by atoms with Gasteiger partial charge in [0.1, 0.15) is 11.5 Å². The van der Waals surface area contributed by atoms with Crippen molar-refractivity contribution < 1.29 is 18.9 Å². The van der Waals surface area contributed by atoms with Crippen LogP contribution in [0.4, 0.5) is 0 Å². The van der Waals surface area contributed by atoms with Gasteiger partial charge in [0.25, 0.3) is 0 Å². The molecule has 0 saturated carbocycles. The molecule has 2 atom stereocenters. The zero-order chi connectivity index (χ0) is 17.4. The predicted octanol–water partition coefficient (Wildman–Crippen LogP) is 4.35. The molecule has 5 heteroatoms. The van der Waals surface area contributed by atoms with Gasteiger partial charge in [-0.15, -0.1) is 0 Å². The highest BCUT2D eigenvalue weighted by atomic mass is 31.2. The van der Waals surface area contributed by atoms with Crippen molar-refractivity contribution >= 4 is 12.7 Å². The molecule has 0 radical (unpaired) electrons. The maximum atomic E-state index is 13.8. The van der Waals surface area contributed by atoms with Crippen molar-refractivity contribution in [3.05, 3.63) is 78.4 Å². The van der Waals surface area contributed by atoms with Crippen molar-refractivity contribution in [1.29, 1.82) is 0 Å². The summed E-state index contributed by atoms with van der Waals surface area (Å²) in [6.07, 6.45) is 0. The van der Waals surface area contributed by atoms with E-state index in [1.807, 2.05) is 30.3 Å². The molecule has 3 aromatic carbocycles. The smallest absolute Gasteiger partial charge is 0.310 e. The Morgan fingerprint density at radius 2 is 1.68 bits per heavy atom. The molecule has 4 nitrogen and oxygen atoms in total. The first-order chi connectivity index (χ1) is 12.1. The molecule has 1 heterocycles. The molecule has 0 spiro atoms. The highest BCUT2D eigenvalue weighted by Gasteiger charge is 2.43. The van der Waals surface area contributed by atoms with E-state index in [-0.39, 0.29) is 0 Å². The maximum absolute atomic E-state index is 13.8. The minimum Gasteiger partial charge on any atom is -0.497 e. The highest BCUT2D eigenvalue weighted by molar-refractivity contribution is 7.68. The van der Waals surface area contributed by atoms with Crippen LogP contribution in [0.15, 0.2) is 72.8 Å². The van der Waals surface area contributed by atoms with Crippen LogP contribution in [0, 0.1) is 0 Å². The first-order valence-corrected chi connectivity index (χ1v) is 9.63. The average Bonchev–Trinajstić information content (AvgIpc) is 2.67. The fourth-order valence-corrected chi connectivity index (χ4v) is 5.41. The van der Waals surface area contributed by atoms with Crippen LogP contribution in [0.1, 0.15) is 11.4 Å². The summed E-state index contributed by atoms with van der Waals surface area (Å²) >= 11 is 0. The molecule has 0 fully saturated rings. The van der Waals surface area contributed by atoms with Crippen LogP contribution in [-0.4, -0.2) is 12.2 Å². The second-order valence-corrected chi connectivity index (χ2v) is 8.20. The number of benzene rings is 3. The van der Waals surface area contributed by atoms with E-state index < -0.39 is 13.2 Å². The van der Waals surface area contributed by atoms with Gasteiger partial charge in [-0.2, -0.15) is 0 Å². The monoisotopic (exact) mass is 352 g/mol. The van der Waals surface area contributed by atoms with E-state index in [0.29, 0.717) is 22.4 Å². The van der Waals surface area contributed by atoms with Crippen molar-refractivity contribution in [2.24, 2.45) is 0 Å². The normalized spacial score (nSPS) is 19.3. The summed E-state index contributed by atoms with van der Waals surface area (Å²) < 4.78 is 24.9. The Hall–Kier alpha value is -2.55. The fourth-order valence-electron chi connectivity index (χ4n) is 3.12. The molecule has 0 aromatic heterocycles. The van der Waals surface area contributed by atoms with E-state index in [0.717, 1.165) is 11.1 Å². The van der Waals surface area contributed by atoms with Crippen molar-refractivity contribution in [1.82, 2.24) is 0 Å². The van der Waals surface area contributed by atoms with E-state index >= 15 is 0 Å². The highest BCUT2D eigenvalue weighted by Crippen LogP contribution is 2.62. The Morgan fingerprint density at radius 1 is 0.960 bits per heavy atom. The molecule has 3 aromatic rings. The lowest BCUT2D eigenvalue weighted by Crippen LogP contribution is -2.22. The first-order valence-electron chi connectivity index (χ1n) is 7.94. The molecule has 2 unspecified atom stereocenters. The molecule has 0 saturated heterocycles. The maximum Gasteiger partial charge on any atom is 0.310 e. The van der Waals surface area contributed by atoms with E-state index in [4.69, 9.17) is 9.26 Å². The molecule has 0 amide bonds. The zero-order valence-corrected chi connectivity index (χ0v) is 14.5. The number of aliphatic hydroxyl groups is 1. The molecular weight excluding hydrogens is 335 g/mol. The fraction of sp³-hybridized carbons (Fsp3) is 0.100. The minimum atomic E-state index is -3.58. The number of rotatable bonds is 3. The summed E-state index contributed by atoms with van der Waals surface area (Å²) in [7, 11) is -2.03. The van der Waals surface area contributed by atoms with E-state index in [2.05, 4.69) is 0 Å². The lowest BCUT2D eigenvalue weighted by atomic mass is 10.0. The van der Waals surface area contributed by atoms with Gasteiger partial charge in [0.2, 0.25) is 0 Å². The molecule has 126 valence electrons. The molecule has 1 aliphatic heterocycles. The number of ether oxygens (including phenoxy) is 1. The molecule has 0 bridgehead atoms. The largest absolute Gasteiger partial charge is 0.497 e. The van der Waals surface area contributed by atoms with Gasteiger partial charge in [0, 0.05) is 5.56 Å². The van der Waals surface area contributed by atoms with Gasteiger partial charge in [-0.1, -0.05) is 48.5 Å². The number of hydrogen-bond acceptors (Lipinski definition) is 4. The van der Waals surface area contributed by atoms with Gasteiger partial charge in [-0.05, 0) is 35.4 Å². The number of fused-ring (bicyclic) bond motifs is 3. The van der Waals surface area contributed by atoms with E-state index in [1.54, 1.807) is 49.6 Å². The molecule has 0 aliphatic carbocycles. The van der Waals surface area contributed by atoms with Gasteiger partial charge in [-0.25, -0.2) is 0 Å². The predicted molar refractivity (Wildman–Crippen MR) is 97.7 cm³/mol. The Balaban J connectivity index is 1.88. The van der Waals surface area contributed by atoms with Crippen molar-refractivity contribution in [2.75, 3.05) is 7.11 Å². The second kappa shape index (κ2) is 6.07. The lowest BCUT2D eigenvalue weighted by molar-refractivity contribution is 0.239. The van der Waals surface area contributed by atoms with Gasteiger partial charge in [0.05, 0.1) is 12.4 Å². The standard InChI is InChI=1S/C20H17O4P/c1-23-15-8-6-7-14(13-15)20(21)25(22)19-12-5-3-10-17(19)16-9-2-4-11-18(16)24-25/h2-13,20-21H,1H3. The van der Waals surface area contributed by atoms with Gasteiger partial charge < -0.3 is 14.4 Å². The molecule has 1 N–H and O–H groups in total. The first kappa shape index (κ1) is 15.9. The Kier molecular flexibility index (Phi) is 3.87. The Morgan fingerprint density at radius 3 is 2.48 bits per heavy atom. The van der Waals surface area contributed by atoms with Gasteiger partial charge in [-0.3, -0.25) is 4.57 Å². The van der Waals surface area contributed by atoms with E-state index in [1.165, 1.54) is 0 Å². The number of para-hydroxylation sites is 1. The van der Waals surface area contributed by atoms with Crippen molar-refractivity contribution in [3.8, 4) is 22.6 Å². The van der Waals surface area contributed by atoms with Crippen LogP contribution in [-0.2, 0) is 4.57 Å². The van der Waals surface area contributed by atoms with Crippen LogP contribution in [0.2, 0.25) is 0 Å². The quantitative estimate of drug-likeness (QED) is 0.712. The summed E-state index contributed by atoms with van der Waals surface area (Å²) in [4.78, 5) is 0. The average molecular weight is 352 g/mol. The Labute approximate surface area is 146 Å². The van der Waals surface area contributed by atoms with Gasteiger partial charge in [0.15, 0.2) is 5.85 Å². The third kappa shape index (κ3) is 2.55. The summed E-state index contributed by atoms with van der Waals surface area (Å²) in [5.41, 5.74) is 2.20. The molecule has 25 heavy (non-hydrogen) atoms. The number of aliphatic hydroxyl groups excluding tert-OH is 1.